The number of para-hydroxylation sites is 1. The molecular formula is C48H38N12. The van der Waals surface area contributed by atoms with Crippen molar-refractivity contribution >= 4 is 69.7 Å². The number of allylic oxidation sites excluding steroid dienone is 5. The van der Waals surface area contributed by atoms with Crippen LogP contribution in [0.5, 0.6) is 0 Å². The molecule has 7 heterocycles. The van der Waals surface area contributed by atoms with E-state index in [9.17, 15) is 0 Å². The van der Waals surface area contributed by atoms with Gasteiger partial charge in [-0.15, -0.1) is 0 Å². The van der Waals surface area contributed by atoms with E-state index in [1.165, 1.54) is 0 Å². The summed E-state index contributed by atoms with van der Waals surface area (Å²) >= 11 is 0. The average molecular weight is 783 g/mol. The van der Waals surface area contributed by atoms with Crippen molar-refractivity contribution in [1.29, 1.82) is 0 Å². The summed E-state index contributed by atoms with van der Waals surface area (Å²) in [5.41, 5.74) is 14.3. The van der Waals surface area contributed by atoms with E-state index in [-0.39, 0.29) is 5.92 Å². The number of nitrogens with zero attached hydrogens (tertiary/aromatic N) is 10. The first kappa shape index (κ1) is 35.2. The van der Waals surface area contributed by atoms with Crippen LogP contribution in [0.4, 0.5) is 23.0 Å². The minimum atomic E-state index is -0.157. The standard InChI is InChI=1S/C48H38N12/c1-29-18-20-49-25-40(29)58-22-6-12-43(58)55-37-9-4-8-32-14-15-35(45(32)37)46-33-16-17-34-36(33)24-42(52-27-51-31(3)54-46)57-48(34)60-28-53-38-10-5-11-39(47(38)60)56-44-13-7-23-59(44)41-26-50-21-19-30(41)2/h4-23,25-28,35,55-56H,24H2,1-3H3/b46-33?,51-27?,51-31+,52-27-,52-42?,54-31?,54-46+/t35-/m1/s1. The van der Waals surface area contributed by atoms with Crippen molar-refractivity contribution in [2.24, 2.45) is 20.0 Å². The minimum Gasteiger partial charge on any atom is -0.341 e. The molecular weight excluding hydrogens is 745 g/mol. The van der Waals surface area contributed by atoms with E-state index in [1.54, 1.807) is 6.34 Å². The van der Waals surface area contributed by atoms with Gasteiger partial charge in [0.1, 0.15) is 41.8 Å². The number of hydrogen-bond donors (Lipinski definition) is 2. The molecule has 2 N–H and O–H groups in total. The molecule has 0 radical (unpaired) electrons. The molecule has 7 aromatic rings. The number of aryl methyl sites for hydroxylation is 2. The molecule has 290 valence electrons. The van der Waals surface area contributed by atoms with Gasteiger partial charge in [-0.05, 0) is 103 Å². The lowest BCUT2D eigenvalue weighted by molar-refractivity contribution is 1.04. The molecule has 0 amide bonds. The average Bonchev–Trinajstić information content (AvgIpc) is 4.11. The molecule has 2 aliphatic heterocycles. The zero-order valence-electron chi connectivity index (χ0n) is 33.1. The highest BCUT2D eigenvalue weighted by Crippen LogP contribution is 2.45. The highest BCUT2D eigenvalue weighted by Gasteiger charge is 2.34. The summed E-state index contributed by atoms with van der Waals surface area (Å²) in [7, 11) is 0. The maximum absolute atomic E-state index is 5.27. The second kappa shape index (κ2) is 14.1. The summed E-state index contributed by atoms with van der Waals surface area (Å²) in [6, 6.07) is 24.8. The summed E-state index contributed by atoms with van der Waals surface area (Å²) in [6.07, 6.45) is 24.2. The maximum Gasteiger partial charge on any atom is 0.148 e. The minimum absolute atomic E-state index is 0.157. The lowest BCUT2D eigenvalue weighted by Gasteiger charge is -2.23. The molecule has 0 unspecified atom stereocenters. The third-order valence-corrected chi connectivity index (χ3v) is 11.5. The summed E-state index contributed by atoms with van der Waals surface area (Å²) in [4.78, 5) is 33.6. The van der Waals surface area contributed by atoms with Crippen LogP contribution in [0.3, 0.4) is 0 Å². The van der Waals surface area contributed by atoms with Gasteiger partial charge in [-0.2, -0.15) is 0 Å². The van der Waals surface area contributed by atoms with Crippen molar-refractivity contribution in [2.45, 2.75) is 33.1 Å². The van der Waals surface area contributed by atoms with E-state index in [1.807, 2.05) is 80.6 Å². The Hall–Kier alpha value is -7.99. The number of aliphatic imine (C=N–C) groups is 4. The number of imidazole rings is 1. The van der Waals surface area contributed by atoms with Crippen LogP contribution < -0.4 is 10.6 Å². The van der Waals surface area contributed by atoms with Gasteiger partial charge in [0.05, 0.1) is 46.2 Å². The fourth-order valence-corrected chi connectivity index (χ4v) is 8.58. The SMILES string of the molecule is CC1=N\C=N/C2=NC(n3cnc4cccc(Nc5cccn5-c5cnccc5C)c43)=C3C=CC(=C3C2)/C([C@@H]2C=Cc3cccc(Nc4cccn4-c4cnccc4C)c32)=N\1. The van der Waals surface area contributed by atoms with E-state index in [4.69, 9.17) is 20.0 Å². The molecule has 0 saturated carbocycles. The predicted molar refractivity (Wildman–Crippen MR) is 242 cm³/mol. The Balaban J connectivity index is 1.01. The predicted octanol–water partition coefficient (Wildman–Crippen LogP) is 10.1. The summed E-state index contributed by atoms with van der Waals surface area (Å²) in [5.74, 6) is 3.70. The van der Waals surface area contributed by atoms with Gasteiger partial charge >= 0.3 is 0 Å². The fourth-order valence-electron chi connectivity index (χ4n) is 8.58. The van der Waals surface area contributed by atoms with Crippen LogP contribution in [-0.2, 0) is 0 Å². The van der Waals surface area contributed by atoms with Crippen molar-refractivity contribution in [3.8, 4) is 11.4 Å². The van der Waals surface area contributed by atoms with Crippen molar-refractivity contribution < 1.29 is 0 Å². The fraction of sp³-hybridized carbons (Fsp3) is 0.104. The first-order chi connectivity index (χ1) is 29.5. The molecule has 2 aromatic carbocycles. The highest BCUT2D eigenvalue weighted by molar-refractivity contribution is 6.18. The lowest BCUT2D eigenvalue weighted by atomic mass is 9.87. The van der Waals surface area contributed by atoms with E-state index in [2.05, 4.69) is 120 Å². The first-order valence-electron chi connectivity index (χ1n) is 19.9. The molecule has 60 heavy (non-hydrogen) atoms. The molecule has 0 saturated heterocycles. The number of benzene rings is 2. The molecule has 0 fully saturated rings. The van der Waals surface area contributed by atoms with Crippen molar-refractivity contribution in [3.05, 3.63) is 174 Å². The van der Waals surface area contributed by atoms with Crippen LogP contribution in [0.1, 0.15) is 41.5 Å². The van der Waals surface area contributed by atoms with Gasteiger partial charge in [0.2, 0.25) is 0 Å². The third kappa shape index (κ3) is 5.87. The second-order valence-electron chi connectivity index (χ2n) is 15.1. The monoisotopic (exact) mass is 782 g/mol. The van der Waals surface area contributed by atoms with Gasteiger partial charge in [0, 0.05) is 54.0 Å². The van der Waals surface area contributed by atoms with E-state index in [0.29, 0.717) is 18.1 Å². The molecule has 11 rings (SSSR count). The largest absolute Gasteiger partial charge is 0.341 e. The van der Waals surface area contributed by atoms with Gasteiger partial charge in [0.25, 0.3) is 0 Å². The smallest absolute Gasteiger partial charge is 0.148 e. The van der Waals surface area contributed by atoms with Gasteiger partial charge in [-0.1, -0.05) is 42.5 Å². The number of aromatic nitrogens is 6. The Morgan fingerprint density at radius 3 is 2.13 bits per heavy atom. The zero-order valence-corrected chi connectivity index (χ0v) is 33.1. The Morgan fingerprint density at radius 2 is 1.38 bits per heavy atom. The van der Waals surface area contributed by atoms with Crippen LogP contribution in [0.25, 0.3) is 34.3 Å². The number of nitrogens with one attached hydrogen (secondary N) is 2. The van der Waals surface area contributed by atoms with Gasteiger partial charge < -0.3 is 19.8 Å². The molecule has 2 bridgehead atoms. The molecule has 2 aliphatic carbocycles. The first-order valence-corrected chi connectivity index (χ1v) is 19.9. The van der Waals surface area contributed by atoms with Crippen molar-refractivity contribution in [2.75, 3.05) is 10.6 Å². The van der Waals surface area contributed by atoms with Gasteiger partial charge in [-0.3, -0.25) is 14.5 Å². The molecule has 0 spiro atoms. The highest BCUT2D eigenvalue weighted by atomic mass is 15.2. The number of anilines is 4. The summed E-state index contributed by atoms with van der Waals surface area (Å²) in [5, 5.41) is 7.48. The number of hydrogen-bond acceptors (Lipinski definition) is 9. The number of pyridine rings is 2. The van der Waals surface area contributed by atoms with Crippen LogP contribution in [0.15, 0.2) is 171 Å². The number of amidine groups is 2. The molecule has 1 atom stereocenters. The van der Waals surface area contributed by atoms with E-state index < -0.39 is 0 Å². The van der Waals surface area contributed by atoms with Crippen LogP contribution >= 0.6 is 0 Å². The lowest BCUT2D eigenvalue weighted by Crippen LogP contribution is -2.18. The Kier molecular flexibility index (Phi) is 8.29. The van der Waals surface area contributed by atoms with Gasteiger partial charge in [-0.25, -0.2) is 25.0 Å². The molecule has 5 aromatic heterocycles. The zero-order chi connectivity index (χ0) is 40.3. The number of fused-ring (bicyclic) bond motifs is 3. The molecule has 4 aliphatic rings. The third-order valence-electron chi connectivity index (χ3n) is 11.5. The van der Waals surface area contributed by atoms with E-state index >= 15 is 0 Å². The van der Waals surface area contributed by atoms with Crippen LogP contribution in [0, 0.1) is 13.8 Å². The van der Waals surface area contributed by atoms with Crippen molar-refractivity contribution in [3.63, 3.8) is 0 Å². The van der Waals surface area contributed by atoms with Gasteiger partial charge in [0.15, 0.2) is 0 Å². The van der Waals surface area contributed by atoms with Crippen molar-refractivity contribution in [1.82, 2.24) is 28.7 Å². The number of rotatable bonds is 8. The summed E-state index contributed by atoms with van der Waals surface area (Å²) < 4.78 is 6.32. The molecule has 12 heteroatoms. The normalized spacial score (nSPS) is 18.9. The van der Waals surface area contributed by atoms with Crippen LogP contribution in [0.2, 0.25) is 0 Å². The van der Waals surface area contributed by atoms with Crippen LogP contribution in [-0.4, -0.2) is 52.4 Å². The Morgan fingerprint density at radius 1 is 0.683 bits per heavy atom. The molecule has 12 nitrogen and oxygen atoms in total. The quantitative estimate of drug-likeness (QED) is 0.159. The maximum atomic E-state index is 5.27. The summed E-state index contributed by atoms with van der Waals surface area (Å²) in [6.45, 7) is 6.11. The Labute approximate surface area is 345 Å². The second-order valence-corrected chi connectivity index (χ2v) is 15.1. The van der Waals surface area contributed by atoms with E-state index in [0.717, 1.165) is 95.9 Å². The Bertz CT molecular complexity index is 3170. The topological polar surface area (TPSA) is 127 Å².